The van der Waals surface area contributed by atoms with Gasteiger partial charge in [0.05, 0.1) is 17.7 Å². The van der Waals surface area contributed by atoms with Crippen LogP contribution in [-0.2, 0) is 6.42 Å². The Balaban J connectivity index is 2.10. The molecule has 1 unspecified atom stereocenters. The van der Waals surface area contributed by atoms with Crippen LogP contribution >= 0.6 is 0 Å². The van der Waals surface area contributed by atoms with Crippen LogP contribution in [0.2, 0.25) is 0 Å². The molecule has 90 valence electrons. The van der Waals surface area contributed by atoms with Gasteiger partial charge >= 0.3 is 0 Å². The fourth-order valence-electron chi connectivity index (χ4n) is 2.63. The van der Waals surface area contributed by atoms with E-state index in [1.165, 1.54) is 5.69 Å². The summed E-state index contributed by atoms with van der Waals surface area (Å²) in [6.07, 6.45) is 4.48. The van der Waals surface area contributed by atoms with Gasteiger partial charge in [-0.05, 0) is 43.5 Å². The van der Waals surface area contributed by atoms with Gasteiger partial charge in [-0.25, -0.2) is 0 Å². The lowest BCUT2D eigenvalue weighted by molar-refractivity contribution is 0.156. The smallest absolute Gasteiger partial charge is 0.0992 e. The van der Waals surface area contributed by atoms with Gasteiger partial charge in [-0.1, -0.05) is 6.07 Å². The third kappa shape index (κ3) is 1.71. The van der Waals surface area contributed by atoms with Crippen molar-refractivity contribution in [2.75, 3.05) is 0 Å². The Morgan fingerprint density at radius 1 is 1.33 bits per heavy atom. The van der Waals surface area contributed by atoms with Crippen molar-refractivity contribution < 1.29 is 5.11 Å². The topological polar surface area (TPSA) is 49.0 Å². The van der Waals surface area contributed by atoms with Crippen molar-refractivity contribution in [1.82, 2.24) is 4.57 Å². The number of benzene rings is 1. The lowest BCUT2D eigenvalue weighted by atomic mass is 9.95. The van der Waals surface area contributed by atoms with E-state index in [4.69, 9.17) is 5.26 Å². The fourth-order valence-corrected chi connectivity index (χ4v) is 2.63. The van der Waals surface area contributed by atoms with Gasteiger partial charge in [-0.2, -0.15) is 5.26 Å². The largest absolute Gasteiger partial charge is 0.388 e. The Kier molecular flexibility index (Phi) is 2.66. The first kappa shape index (κ1) is 11.1. The van der Waals surface area contributed by atoms with Crippen molar-refractivity contribution in [2.45, 2.75) is 25.4 Å². The molecule has 1 N–H and O–H groups in total. The maximum absolute atomic E-state index is 9.96. The summed E-state index contributed by atoms with van der Waals surface area (Å²) in [5, 5.41) is 18.9. The Bertz CT molecular complexity index is 622. The van der Waals surface area contributed by atoms with E-state index in [2.05, 4.69) is 10.6 Å². The molecule has 0 aliphatic heterocycles. The predicted octanol–water partition coefficient (Wildman–Crippen LogP) is 2.72. The van der Waals surface area contributed by atoms with Crippen LogP contribution in [0, 0.1) is 11.3 Å². The lowest BCUT2D eigenvalue weighted by Gasteiger charge is -2.20. The van der Waals surface area contributed by atoms with Gasteiger partial charge in [-0.15, -0.1) is 0 Å². The number of nitrogens with zero attached hydrogens (tertiary/aromatic N) is 2. The second-order valence-corrected chi connectivity index (χ2v) is 4.66. The summed E-state index contributed by atoms with van der Waals surface area (Å²) in [6.45, 7) is 0. The minimum absolute atomic E-state index is 0.339. The van der Waals surface area contributed by atoms with Crippen molar-refractivity contribution in [3.63, 3.8) is 0 Å². The van der Waals surface area contributed by atoms with Crippen LogP contribution in [-0.4, -0.2) is 9.67 Å². The van der Waals surface area contributed by atoms with Gasteiger partial charge in [0.2, 0.25) is 0 Å². The van der Waals surface area contributed by atoms with Crippen LogP contribution in [0.1, 0.15) is 35.8 Å². The minimum atomic E-state index is -0.339. The predicted molar refractivity (Wildman–Crippen MR) is 68.4 cm³/mol. The summed E-state index contributed by atoms with van der Waals surface area (Å²) in [4.78, 5) is 0. The number of hydrogen-bond donors (Lipinski definition) is 1. The first-order valence-corrected chi connectivity index (χ1v) is 6.18. The standard InChI is InChI=1S/C15H14N2O/c16-10-11-3-1-4-12(9-11)17-8-7-13-14(17)5-2-6-15(13)18/h1,3-4,7-9,15,18H,2,5-6H2. The Labute approximate surface area is 106 Å². The molecule has 1 heterocycles. The van der Waals surface area contributed by atoms with Gasteiger partial charge in [0.1, 0.15) is 0 Å². The van der Waals surface area contributed by atoms with E-state index in [1.807, 2.05) is 30.5 Å². The molecule has 1 aliphatic rings. The zero-order valence-electron chi connectivity index (χ0n) is 10.0. The molecule has 1 atom stereocenters. The number of hydrogen-bond acceptors (Lipinski definition) is 2. The quantitative estimate of drug-likeness (QED) is 0.830. The Morgan fingerprint density at radius 3 is 3.06 bits per heavy atom. The second-order valence-electron chi connectivity index (χ2n) is 4.66. The zero-order chi connectivity index (χ0) is 12.5. The van der Waals surface area contributed by atoms with Gasteiger partial charge < -0.3 is 9.67 Å². The average Bonchev–Trinajstić information content (AvgIpc) is 2.84. The molecule has 1 aliphatic carbocycles. The molecular formula is C15H14N2O. The molecule has 2 aromatic rings. The van der Waals surface area contributed by atoms with E-state index in [9.17, 15) is 5.11 Å². The Morgan fingerprint density at radius 2 is 2.22 bits per heavy atom. The molecule has 1 aromatic heterocycles. The molecule has 3 heteroatoms. The van der Waals surface area contributed by atoms with E-state index < -0.39 is 0 Å². The third-order valence-corrected chi connectivity index (χ3v) is 3.53. The minimum Gasteiger partial charge on any atom is -0.388 e. The van der Waals surface area contributed by atoms with Crippen LogP contribution in [0.5, 0.6) is 0 Å². The highest BCUT2D eigenvalue weighted by Crippen LogP contribution is 2.31. The van der Waals surface area contributed by atoms with E-state index in [-0.39, 0.29) is 6.10 Å². The summed E-state index contributed by atoms with van der Waals surface area (Å²) in [5.41, 5.74) is 3.85. The molecular weight excluding hydrogens is 224 g/mol. The average molecular weight is 238 g/mol. The molecule has 0 saturated heterocycles. The van der Waals surface area contributed by atoms with E-state index >= 15 is 0 Å². The number of rotatable bonds is 1. The highest BCUT2D eigenvalue weighted by atomic mass is 16.3. The van der Waals surface area contributed by atoms with Crippen LogP contribution in [0.25, 0.3) is 5.69 Å². The van der Waals surface area contributed by atoms with Crippen LogP contribution in [0.4, 0.5) is 0 Å². The normalized spacial score (nSPS) is 18.1. The van der Waals surface area contributed by atoms with E-state index in [0.29, 0.717) is 5.56 Å². The summed E-state index contributed by atoms with van der Waals surface area (Å²) in [6, 6.07) is 11.7. The highest BCUT2D eigenvalue weighted by molar-refractivity contribution is 5.45. The van der Waals surface area contributed by atoms with Crippen LogP contribution < -0.4 is 0 Å². The lowest BCUT2D eigenvalue weighted by Crippen LogP contribution is -2.11. The summed E-state index contributed by atoms with van der Waals surface area (Å²) < 4.78 is 2.08. The molecule has 0 amide bonds. The van der Waals surface area contributed by atoms with Gasteiger partial charge in [0.25, 0.3) is 0 Å². The molecule has 0 radical (unpaired) electrons. The summed E-state index contributed by atoms with van der Waals surface area (Å²) in [5.74, 6) is 0. The molecule has 0 bridgehead atoms. The first-order chi connectivity index (χ1) is 8.79. The zero-order valence-corrected chi connectivity index (χ0v) is 10.0. The van der Waals surface area contributed by atoms with Crippen LogP contribution in [0.3, 0.4) is 0 Å². The molecule has 0 spiro atoms. The number of aliphatic hydroxyl groups is 1. The number of nitriles is 1. The number of aromatic nitrogens is 1. The summed E-state index contributed by atoms with van der Waals surface area (Å²) in [7, 11) is 0. The van der Waals surface area contributed by atoms with Crippen molar-refractivity contribution in [3.05, 3.63) is 53.3 Å². The SMILES string of the molecule is N#Cc1cccc(-n2ccc3c2CCCC3O)c1. The third-order valence-electron chi connectivity index (χ3n) is 3.53. The monoisotopic (exact) mass is 238 g/mol. The molecule has 1 aromatic carbocycles. The number of fused-ring (bicyclic) bond motifs is 1. The van der Waals surface area contributed by atoms with Crippen molar-refractivity contribution in [3.8, 4) is 11.8 Å². The fraction of sp³-hybridized carbons (Fsp3) is 0.267. The second kappa shape index (κ2) is 4.32. The van der Waals surface area contributed by atoms with E-state index in [1.54, 1.807) is 6.07 Å². The van der Waals surface area contributed by atoms with Gasteiger partial charge in [0, 0.05) is 23.1 Å². The summed E-state index contributed by atoms with van der Waals surface area (Å²) >= 11 is 0. The van der Waals surface area contributed by atoms with Crippen molar-refractivity contribution in [2.24, 2.45) is 0 Å². The highest BCUT2D eigenvalue weighted by Gasteiger charge is 2.21. The van der Waals surface area contributed by atoms with Crippen molar-refractivity contribution >= 4 is 0 Å². The maximum Gasteiger partial charge on any atom is 0.0992 e. The Hall–Kier alpha value is -2.05. The van der Waals surface area contributed by atoms with Gasteiger partial charge in [0.15, 0.2) is 0 Å². The first-order valence-electron chi connectivity index (χ1n) is 6.18. The molecule has 0 saturated carbocycles. The van der Waals surface area contributed by atoms with Crippen molar-refractivity contribution in [1.29, 1.82) is 5.26 Å². The number of aliphatic hydroxyl groups excluding tert-OH is 1. The van der Waals surface area contributed by atoms with Gasteiger partial charge in [-0.3, -0.25) is 0 Å². The molecule has 18 heavy (non-hydrogen) atoms. The molecule has 3 rings (SSSR count). The van der Waals surface area contributed by atoms with E-state index in [0.717, 1.165) is 30.5 Å². The molecule has 0 fully saturated rings. The maximum atomic E-state index is 9.96. The van der Waals surface area contributed by atoms with Crippen LogP contribution in [0.15, 0.2) is 36.5 Å². The molecule has 3 nitrogen and oxygen atoms in total.